The number of halogens is 1. The van der Waals surface area contributed by atoms with Gasteiger partial charge in [-0.15, -0.1) is 0 Å². The van der Waals surface area contributed by atoms with E-state index in [1.165, 1.54) is 32.0 Å². The van der Waals surface area contributed by atoms with Crippen LogP contribution in [0.15, 0.2) is 27.6 Å². The number of hydrogen-bond acceptors (Lipinski definition) is 4. The Morgan fingerprint density at radius 3 is 2.21 bits per heavy atom. The summed E-state index contributed by atoms with van der Waals surface area (Å²) in [5.41, 5.74) is 1.23. The van der Waals surface area contributed by atoms with Gasteiger partial charge in [0.05, 0.1) is 10.6 Å². The first-order valence-corrected chi connectivity index (χ1v) is 7.01. The summed E-state index contributed by atoms with van der Waals surface area (Å²) in [5, 5.41) is 3.59. The lowest BCUT2D eigenvalue weighted by atomic mass is 10.1. The van der Waals surface area contributed by atoms with Gasteiger partial charge >= 0.3 is 0 Å². The number of anilines is 1. The lowest BCUT2D eigenvalue weighted by Crippen LogP contribution is -2.15. The van der Waals surface area contributed by atoms with Crippen molar-refractivity contribution in [1.29, 1.82) is 0 Å². The summed E-state index contributed by atoms with van der Waals surface area (Å²) in [5.74, 6) is -0.440. The number of nitrogens with zero attached hydrogens (tertiary/aromatic N) is 1. The Labute approximate surface area is 110 Å². The summed E-state index contributed by atoms with van der Waals surface area (Å²) >= 11 is 0. The van der Waals surface area contributed by atoms with Crippen LogP contribution in [0.4, 0.5) is 10.3 Å². The molecule has 0 radical (unpaired) electrons. The molecule has 1 heterocycles. The van der Waals surface area contributed by atoms with Gasteiger partial charge in [-0.05, 0) is 44.0 Å². The number of hydrogen-bond donors (Lipinski definition) is 1. The standard InChI is InChI=1S/C12H13FN2O3S/c1-7-4-10(13)5-8(2)12(7)19(16,17)15-11-6-9(3)14-18-11/h4-6,15H,1-3H3. The molecule has 0 atom stereocenters. The topological polar surface area (TPSA) is 72.2 Å². The number of aromatic nitrogens is 1. The van der Waals surface area contributed by atoms with Gasteiger partial charge in [-0.25, -0.2) is 17.5 Å². The minimum Gasteiger partial charge on any atom is -0.338 e. The predicted octanol–water partition coefficient (Wildman–Crippen LogP) is 2.54. The van der Waals surface area contributed by atoms with E-state index in [1.807, 2.05) is 0 Å². The molecule has 0 spiro atoms. The van der Waals surface area contributed by atoms with Gasteiger partial charge in [0.2, 0.25) is 5.88 Å². The van der Waals surface area contributed by atoms with E-state index in [2.05, 4.69) is 9.88 Å². The summed E-state index contributed by atoms with van der Waals surface area (Å²) in [7, 11) is -3.83. The maximum atomic E-state index is 13.2. The van der Waals surface area contributed by atoms with Crippen LogP contribution < -0.4 is 4.72 Å². The average molecular weight is 284 g/mol. The van der Waals surface area contributed by atoms with Crippen molar-refractivity contribution in [3.8, 4) is 0 Å². The molecule has 0 saturated heterocycles. The third-order valence-corrected chi connectivity index (χ3v) is 4.21. The Kier molecular flexibility index (Phi) is 3.32. The SMILES string of the molecule is Cc1cc(NS(=O)(=O)c2c(C)cc(F)cc2C)on1. The summed E-state index contributed by atoms with van der Waals surface area (Å²) in [6.45, 7) is 4.75. The van der Waals surface area contributed by atoms with E-state index in [-0.39, 0.29) is 10.8 Å². The number of sulfonamides is 1. The zero-order valence-electron chi connectivity index (χ0n) is 10.7. The first kappa shape index (κ1) is 13.5. The lowest BCUT2D eigenvalue weighted by molar-refractivity contribution is 0.430. The Bertz CT molecular complexity index is 699. The Hall–Kier alpha value is -1.89. The van der Waals surface area contributed by atoms with Crippen molar-refractivity contribution in [2.75, 3.05) is 4.72 Å². The number of benzene rings is 1. The third-order valence-electron chi connectivity index (χ3n) is 2.56. The molecule has 0 bridgehead atoms. The van der Waals surface area contributed by atoms with Gasteiger partial charge < -0.3 is 4.52 Å². The van der Waals surface area contributed by atoms with Crippen molar-refractivity contribution in [2.24, 2.45) is 0 Å². The molecule has 0 aliphatic heterocycles. The molecule has 19 heavy (non-hydrogen) atoms. The highest BCUT2D eigenvalue weighted by Crippen LogP contribution is 2.24. The minimum absolute atomic E-state index is 0.0284. The predicted molar refractivity (Wildman–Crippen MR) is 67.9 cm³/mol. The molecule has 0 unspecified atom stereocenters. The highest BCUT2D eigenvalue weighted by Gasteiger charge is 2.22. The van der Waals surface area contributed by atoms with Gasteiger partial charge in [0.25, 0.3) is 10.0 Å². The van der Waals surface area contributed by atoms with Crippen LogP contribution >= 0.6 is 0 Å². The van der Waals surface area contributed by atoms with E-state index in [0.29, 0.717) is 16.8 Å². The maximum Gasteiger partial charge on any atom is 0.264 e. The van der Waals surface area contributed by atoms with Crippen LogP contribution in [0, 0.1) is 26.6 Å². The van der Waals surface area contributed by atoms with Crippen LogP contribution in [-0.2, 0) is 10.0 Å². The van der Waals surface area contributed by atoms with Gasteiger partial charge in [-0.2, -0.15) is 0 Å². The number of aryl methyl sites for hydroxylation is 3. The van der Waals surface area contributed by atoms with E-state index < -0.39 is 15.8 Å². The molecule has 0 fully saturated rings. The molecule has 2 aromatic rings. The monoisotopic (exact) mass is 284 g/mol. The van der Waals surface area contributed by atoms with E-state index in [4.69, 9.17) is 4.52 Å². The molecule has 2 rings (SSSR count). The highest BCUT2D eigenvalue weighted by molar-refractivity contribution is 7.92. The van der Waals surface area contributed by atoms with Crippen LogP contribution in [-0.4, -0.2) is 13.6 Å². The van der Waals surface area contributed by atoms with E-state index in [9.17, 15) is 12.8 Å². The van der Waals surface area contributed by atoms with Crippen molar-refractivity contribution in [1.82, 2.24) is 5.16 Å². The zero-order chi connectivity index (χ0) is 14.2. The highest BCUT2D eigenvalue weighted by atomic mass is 32.2. The van der Waals surface area contributed by atoms with E-state index in [0.717, 1.165) is 0 Å². The minimum atomic E-state index is -3.83. The Morgan fingerprint density at radius 2 is 1.74 bits per heavy atom. The second-order valence-electron chi connectivity index (χ2n) is 4.31. The first-order valence-electron chi connectivity index (χ1n) is 5.52. The van der Waals surface area contributed by atoms with Crippen LogP contribution in [0.25, 0.3) is 0 Å². The van der Waals surface area contributed by atoms with Crippen LogP contribution in [0.1, 0.15) is 16.8 Å². The summed E-state index contributed by atoms with van der Waals surface area (Å²) in [6, 6.07) is 3.81. The second kappa shape index (κ2) is 4.65. The van der Waals surface area contributed by atoms with E-state index >= 15 is 0 Å². The molecule has 102 valence electrons. The molecule has 1 N–H and O–H groups in total. The van der Waals surface area contributed by atoms with Crippen molar-refractivity contribution < 1.29 is 17.3 Å². The molecule has 1 aromatic carbocycles. The van der Waals surface area contributed by atoms with Gasteiger partial charge in [0.15, 0.2) is 0 Å². The zero-order valence-corrected chi connectivity index (χ0v) is 11.5. The van der Waals surface area contributed by atoms with Crippen molar-refractivity contribution in [2.45, 2.75) is 25.7 Å². The fourth-order valence-corrected chi connectivity index (χ4v) is 3.35. The lowest BCUT2D eigenvalue weighted by Gasteiger charge is -2.11. The van der Waals surface area contributed by atoms with Gasteiger partial charge in [0, 0.05) is 6.07 Å². The molecular formula is C12H13FN2O3S. The molecule has 0 aliphatic rings. The van der Waals surface area contributed by atoms with Gasteiger partial charge in [0.1, 0.15) is 5.82 Å². The maximum absolute atomic E-state index is 13.2. The number of nitrogens with one attached hydrogen (secondary N) is 1. The van der Waals surface area contributed by atoms with Gasteiger partial charge in [-0.3, -0.25) is 0 Å². The van der Waals surface area contributed by atoms with Crippen molar-refractivity contribution in [3.05, 3.63) is 40.8 Å². The van der Waals surface area contributed by atoms with Crippen LogP contribution in [0.3, 0.4) is 0 Å². The van der Waals surface area contributed by atoms with Crippen LogP contribution in [0.5, 0.6) is 0 Å². The summed E-state index contributed by atoms with van der Waals surface area (Å²) < 4.78 is 44.8. The van der Waals surface area contributed by atoms with E-state index in [1.54, 1.807) is 6.92 Å². The molecule has 0 aliphatic carbocycles. The Balaban J connectivity index is 2.45. The quantitative estimate of drug-likeness (QED) is 0.940. The molecule has 0 amide bonds. The summed E-state index contributed by atoms with van der Waals surface area (Å²) in [4.78, 5) is 0.0444. The molecule has 5 nitrogen and oxygen atoms in total. The fraction of sp³-hybridized carbons (Fsp3) is 0.250. The average Bonchev–Trinajstić information content (AvgIpc) is 2.60. The second-order valence-corrected chi connectivity index (χ2v) is 5.93. The van der Waals surface area contributed by atoms with Crippen molar-refractivity contribution in [3.63, 3.8) is 0 Å². The first-order chi connectivity index (χ1) is 8.79. The third kappa shape index (κ3) is 2.76. The van der Waals surface area contributed by atoms with Crippen LogP contribution in [0.2, 0.25) is 0 Å². The number of rotatable bonds is 3. The molecular weight excluding hydrogens is 271 g/mol. The molecule has 7 heteroatoms. The summed E-state index contributed by atoms with van der Waals surface area (Å²) in [6.07, 6.45) is 0. The normalized spacial score (nSPS) is 11.6. The molecule has 0 saturated carbocycles. The Morgan fingerprint density at radius 1 is 1.16 bits per heavy atom. The fourth-order valence-electron chi connectivity index (χ4n) is 1.92. The van der Waals surface area contributed by atoms with Gasteiger partial charge in [-0.1, -0.05) is 5.16 Å². The van der Waals surface area contributed by atoms with Crippen molar-refractivity contribution >= 4 is 15.9 Å². The largest absolute Gasteiger partial charge is 0.338 e. The smallest absolute Gasteiger partial charge is 0.264 e. The molecule has 1 aromatic heterocycles.